The molecule has 110 valence electrons. The summed E-state index contributed by atoms with van der Waals surface area (Å²) < 4.78 is 44.7. The number of halogens is 3. The Morgan fingerprint density at radius 3 is 2.21 bits per heavy atom. The normalized spacial score (nSPS) is 12.5. The molecule has 0 heterocycles. The highest BCUT2D eigenvalue weighted by molar-refractivity contribution is 8.00. The van der Waals surface area contributed by atoms with Gasteiger partial charge in [0.25, 0.3) is 0 Å². The lowest BCUT2D eigenvalue weighted by Gasteiger charge is -2.16. The third-order valence-electron chi connectivity index (χ3n) is 1.78. The van der Waals surface area contributed by atoms with Gasteiger partial charge in [-0.2, -0.15) is 13.2 Å². The molecule has 0 aliphatic carbocycles. The summed E-state index contributed by atoms with van der Waals surface area (Å²) in [5, 5.41) is 1.49. The van der Waals surface area contributed by atoms with Crippen molar-refractivity contribution in [2.75, 3.05) is 25.7 Å². The van der Waals surface area contributed by atoms with Gasteiger partial charge in [0.15, 0.2) is 0 Å². The molecule has 1 amide bonds. The van der Waals surface area contributed by atoms with E-state index in [1.54, 1.807) is 0 Å². The minimum absolute atomic E-state index is 0.161. The standard InChI is InChI=1S/C9H12F3NO5S/c1-17-6(14)4-19-3-5(7(15)18-2)13-8(16)9(10,11)12/h5H,3-4H2,1-2H3,(H,13,16)/t5-/m0/s1. The van der Waals surface area contributed by atoms with Gasteiger partial charge in [0.2, 0.25) is 0 Å². The van der Waals surface area contributed by atoms with Crippen LogP contribution in [0.4, 0.5) is 13.2 Å². The van der Waals surface area contributed by atoms with Crippen molar-refractivity contribution in [2.45, 2.75) is 12.2 Å². The number of amides is 1. The maximum atomic E-state index is 12.0. The van der Waals surface area contributed by atoms with Gasteiger partial charge in [-0.15, -0.1) is 11.8 Å². The average molecular weight is 303 g/mol. The van der Waals surface area contributed by atoms with Crippen molar-refractivity contribution in [1.29, 1.82) is 0 Å². The summed E-state index contributed by atoms with van der Waals surface area (Å²) in [4.78, 5) is 32.7. The molecule has 10 heteroatoms. The Morgan fingerprint density at radius 2 is 1.79 bits per heavy atom. The lowest BCUT2D eigenvalue weighted by molar-refractivity contribution is -0.175. The molecule has 0 aromatic heterocycles. The summed E-state index contributed by atoms with van der Waals surface area (Å²) >= 11 is 0.833. The highest BCUT2D eigenvalue weighted by Crippen LogP contribution is 2.15. The molecule has 0 spiro atoms. The second kappa shape index (κ2) is 7.87. The zero-order valence-electron chi connectivity index (χ0n) is 10.1. The van der Waals surface area contributed by atoms with Crippen LogP contribution >= 0.6 is 11.8 Å². The fraction of sp³-hybridized carbons (Fsp3) is 0.667. The van der Waals surface area contributed by atoms with Crippen LogP contribution in [0, 0.1) is 0 Å². The summed E-state index contributed by atoms with van der Waals surface area (Å²) in [6.45, 7) is 0. The second-order valence-electron chi connectivity index (χ2n) is 3.14. The van der Waals surface area contributed by atoms with Crippen LogP contribution < -0.4 is 5.32 Å². The number of hydrogen-bond donors (Lipinski definition) is 1. The van der Waals surface area contributed by atoms with Crippen LogP contribution in [0.2, 0.25) is 0 Å². The van der Waals surface area contributed by atoms with Gasteiger partial charge in [-0.1, -0.05) is 0 Å². The van der Waals surface area contributed by atoms with E-state index in [4.69, 9.17) is 0 Å². The Morgan fingerprint density at radius 1 is 1.21 bits per heavy atom. The number of carbonyl (C=O) groups excluding carboxylic acids is 3. The Labute approximate surface area is 111 Å². The summed E-state index contributed by atoms with van der Waals surface area (Å²) in [6, 6.07) is -1.49. The van der Waals surface area contributed by atoms with Crippen molar-refractivity contribution >= 4 is 29.6 Å². The molecule has 1 N–H and O–H groups in total. The molecule has 0 rings (SSSR count). The third-order valence-corrected chi connectivity index (χ3v) is 2.79. The van der Waals surface area contributed by atoms with Crippen molar-refractivity contribution < 1.29 is 37.0 Å². The monoisotopic (exact) mass is 303 g/mol. The lowest BCUT2D eigenvalue weighted by atomic mass is 10.3. The van der Waals surface area contributed by atoms with E-state index in [0.717, 1.165) is 26.0 Å². The number of ether oxygens (including phenoxy) is 2. The van der Waals surface area contributed by atoms with Gasteiger partial charge in [-0.3, -0.25) is 9.59 Å². The van der Waals surface area contributed by atoms with Gasteiger partial charge >= 0.3 is 24.0 Å². The Hall–Kier alpha value is -1.45. The zero-order chi connectivity index (χ0) is 15.1. The summed E-state index contributed by atoms with van der Waals surface area (Å²) in [5.41, 5.74) is 0. The number of alkyl halides is 3. The molecule has 0 bridgehead atoms. The molecule has 1 atom stereocenters. The minimum atomic E-state index is -5.10. The predicted octanol–water partition coefficient (Wildman–Crippen LogP) is 0.113. The third kappa shape index (κ3) is 6.89. The van der Waals surface area contributed by atoms with Crippen molar-refractivity contribution in [3.63, 3.8) is 0 Å². The average Bonchev–Trinajstić information content (AvgIpc) is 2.34. The van der Waals surface area contributed by atoms with E-state index in [1.165, 1.54) is 5.32 Å². The molecular weight excluding hydrogens is 291 g/mol. The van der Waals surface area contributed by atoms with Gasteiger partial charge < -0.3 is 14.8 Å². The molecule has 0 aromatic carbocycles. The molecule has 6 nitrogen and oxygen atoms in total. The quantitative estimate of drug-likeness (QED) is 0.702. The molecule has 0 saturated heterocycles. The number of esters is 2. The number of hydrogen-bond acceptors (Lipinski definition) is 6. The first-order valence-electron chi connectivity index (χ1n) is 4.82. The molecule has 0 aliphatic heterocycles. The molecule has 19 heavy (non-hydrogen) atoms. The van der Waals surface area contributed by atoms with Crippen molar-refractivity contribution in [3.8, 4) is 0 Å². The van der Waals surface area contributed by atoms with Crippen molar-refractivity contribution in [3.05, 3.63) is 0 Å². The van der Waals surface area contributed by atoms with Gasteiger partial charge in [0.05, 0.1) is 20.0 Å². The van der Waals surface area contributed by atoms with E-state index in [2.05, 4.69) is 9.47 Å². The van der Waals surface area contributed by atoms with Gasteiger partial charge in [-0.25, -0.2) is 4.79 Å². The van der Waals surface area contributed by atoms with Crippen molar-refractivity contribution in [2.24, 2.45) is 0 Å². The fourth-order valence-corrected chi connectivity index (χ4v) is 1.73. The van der Waals surface area contributed by atoms with Gasteiger partial charge in [-0.05, 0) is 0 Å². The first-order chi connectivity index (χ1) is 8.72. The predicted molar refractivity (Wildman–Crippen MR) is 59.3 cm³/mol. The van der Waals surface area contributed by atoms with Crippen LogP contribution in [0.15, 0.2) is 0 Å². The smallest absolute Gasteiger partial charge is 0.468 e. The molecule has 0 radical (unpaired) electrons. The molecule has 0 fully saturated rings. The van der Waals surface area contributed by atoms with E-state index >= 15 is 0 Å². The number of carbonyl (C=O) groups is 3. The van der Waals surface area contributed by atoms with Crippen LogP contribution in [0.25, 0.3) is 0 Å². The zero-order valence-corrected chi connectivity index (χ0v) is 10.9. The van der Waals surface area contributed by atoms with Crippen LogP contribution in [0.1, 0.15) is 0 Å². The van der Waals surface area contributed by atoms with Gasteiger partial charge in [0, 0.05) is 5.75 Å². The van der Waals surface area contributed by atoms with E-state index in [1.807, 2.05) is 0 Å². The highest BCUT2D eigenvalue weighted by atomic mass is 32.2. The number of rotatable bonds is 6. The molecule has 0 aromatic rings. The number of thioether (sulfide) groups is 1. The largest absolute Gasteiger partial charge is 0.471 e. The maximum Gasteiger partial charge on any atom is 0.471 e. The molecule has 0 aliphatic rings. The first-order valence-corrected chi connectivity index (χ1v) is 5.98. The first kappa shape index (κ1) is 17.6. The second-order valence-corrected chi connectivity index (χ2v) is 4.17. The van der Waals surface area contributed by atoms with Crippen LogP contribution in [-0.4, -0.2) is 55.8 Å². The van der Waals surface area contributed by atoms with Crippen LogP contribution in [0.3, 0.4) is 0 Å². The molecular formula is C9H12F3NO5S. The van der Waals surface area contributed by atoms with Gasteiger partial charge in [0.1, 0.15) is 6.04 Å². The van der Waals surface area contributed by atoms with Crippen molar-refractivity contribution in [1.82, 2.24) is 5.32 Å². The number of nitrogens with one attached hydrogen (secondary N) is 1. The highest BCUT2D eigenvalue weighted by Gasteiger charge is 2.41. The minimum Gasteiger partial charge on any atom is -0.468 e. The molecule has 0 saturated carbocycles. The topological polar surface area (TPSA) is 81.7 Å². The Kier molecular flexibility index (Phi) is 7.27. The Bertz CT molecular complexity index is 347. The van der Waals surface area contributed by atoms with E-state index < -0.39 is 30.1 Å². The van der Waals surface area contributed by atoms with E-state index in [0.29, 0.717) is 0 Å². The SMILES string of the molecule is COC(=O)CSC[C@H](NC(=O)C(F)(F)F)C(=O)OC. The number of methoxy groups -OCH3 is 2. The molecule has 0 unspecified atom stereocenters. The van der Waals surface area contributed by atoms with E-state index in [9.17, 15) is 27.6 Å². The summed E-state index contributed by atoms with van der Waals surface area (Å²) in [6.07, 6.45) is -5.10. The van der Waals surface area contributed by atoms with Crippen LogP contribution in [-0.2, 0) is 23.9 Å². The Balaban J connectivity index is 4.45. The maximum absolute atomic E-state index is 12.0. The van der Waals surface area contributed by atoms with E-state index in [-0.39, 0.29) is 11.5 Å². The summed E-state index contributed by atoms with van der Waals surface area (Å²) in [7, 11) is 2.12. The lowest BCUT2D eigenvalue weighted by Crippen LogP contribution is -2.48. The summed E-state index contributed by atoms with van der Waals surface area (Å²) in [5.74, 6) is -4.29. The fourth-order valence-electron chi connectivity index (χ4n) is 0.870. The van der Waals surface area contributed by atoms with Crippen LogP contribution in [0.5, 0.6) is 0 Å².